The lowest BCUT2D eigenvalue weighted by atomic mass is 9.90. The molecule has 1 aliphatic heterocycles. The fourth-order valence-electron chi connectivity index (χ4n) is 9.61. The van der Waals surface area contributed by atoms with Crippen LogP contribution in [0.3, 0.4) is 0 Å². The molecular formula is C33H57N2P. The second-order valence-corrected chi connectivity index (χ2v) is 16.6. The third kappa shape index (κ3) is 5.70. The van der Waals surface area contributed by atoms with Gasteiger partial charge in [0.05, 0.1) is 0 Å². The maximum Gasteiger partial charge on any atom is 0.104 e. The van der Waals surface area contributed by atoms with Gasteiger partial charge in [0.25, 0.3) is 0 Å². The summed E-state index contributed by atoms with van der Waals surface area (Å²) < 4.78 is 0. The molecule has 5 aliphatic carbocycles. The first-order valence-electron chi connectivity index (χ1n) is 16.9. The quantitative estimate of drug-likeness (QED) is 0.338. The summed E-state index contributed by atoms with van der Waals surface area (Å²) in [5.74, 6) is 1.87. The van der Waals surface area contributed by atoms with Gasteiger partial charge in [0.15, 0.2) is 0 Å². The molecule has 1 heterocycles. The van der Waals surface area contributed by atoms with Crippen LogP contribution in [0.2, 0.25) is 0 Å². The van der Waals surface area contributed by atoms with Crippen molar-refractivity contribution in [2.75, 3.05) is 13.1 Å². The normalized spacial score (nSPS) is 31.1. The zero-order valence-corrected chi connectivity index (χ0v) is 24.5. The molecular weight excluding hydrogens is 455 g/mol. The number of hydrogen-bond acceptors (Lipinski definition) is 2. The Balaban J connectivity index is 1.37. The molecule has 6 rings (SSSR count). The van der Waals surface area contributed by atoms with Crippen LogP contribution >= 0.6 is 7.92 Å². The van der Waals surface area contributed by atoms with Crippen molar-refractivity contribution in [3.63, 3.8) is 0 Å². The van der Waals surface area contributed by atoms with E-state index in [1.165, 1.54) is 135 Å². The first kappa shape index (κ1) is 26.0. The summed E-state index contributed by atoms with van der Waals surface area (Å²) in [5, 5.41) is 0. The summed E-state index contributed by atoms with van der Waals surface area (Å²) in [6.45, 7) is 2.69. The highest BCUT2D eigenvalue weighted by molar-refractivity contribution is 7.60. The molecule has 3 heteroatoms. The highest BCUT2D eigenvalue weighted by Crippen LogP contribution is 2.63. The van der Waals surface area contributed by atoms with E-state index in [0.29, 0.717) is 0 Å². The van der Waals surface area contributed by atoms with Crippen LogP contribution in [0.25, 0.3) is 0 Å². The van der Waals surface area contributed by atoms with Gasteiger partial charge < -0.3 is 9.80 Å². The van der Waals surface area contributed by atoms with Gasteiger partial charge >= 0.3 is 0 Å². The summed E-state index contributed by atoms with van der Waals surface area (Å²) in [7, 11) is 0.145. The maximum atomic E-state index is 3.07. The van der Waals surface area contributed by atoms with Crippen molar-refractivity contribution in [2.45, 2.75) is 183 Å². The predicted molar refractivity (Wildman–Crippen MR) is 157 cm³/mol. The van der Waals surface area contributed by atoms with Gasteiger partial charge in [0.1, 0.15) is 5.82 Å². The van der Waals surface area contributed by atoms with Crippen molar-refractivity contribution in [2.24, 2.45) is 0 Å². The van der Waals surface area contributed by atoms with E-state index in [-0.39, 0.29) is 7.92 Å². The molecule has 6 fully saturated rings. The summed E-state index contributed by atoms with van der Waals surface area (Å²) in [6.07, 6.45) is 36.3. The molecule has 1 saturated heterocycles. The second kappa shape index (κ2) is 12.7. The molecule has 0 amide bonds. The van der Waals surface area contributed by atoms with Crippen LogP contribution in [0.5, 0.6) is 0 Å². The summed E-state index contributed by atoms with van der Waals surface area (Å²) in [6, 6.07) is 1.71. The molecule has 0 bridgehead atoms. The Morgan fingerprint density at radius 2 is 0.861 bits per heavy atom. The SMILES string of the molecule is C1CCC(N2CCN(C3CCCCC3)C2=C2CCCCC2P(C2CCCCC2)C2CCCCC2)CC1. The molecule has 1 unspecified atom stereocenters. The standard InChI is InChI=1S/C33H57N2P/c1-5-15-27(16-6-1)34-25-26-35(28-17-7-2-8-18-28)33(34)31-23-13-14-24-32(31)36(29-19-9-3-10-20-29)30-21-11-4-12-22-30/h27-30,32H,1-26H2. The van der Waals surface area contributed by atoms with Gasteiger partial charge in [-0.25, -0.2) is 0 Å². The molecule has 0 N–H and O–H groups in total. The molecule has 36 heavy (non-hydrogen) atoms. The lowest BCUT2D eigenvalue weighted by Crippen LogP contribution is -2.41. The molecule has 2 nitrogen and oxygen atoms in total. The third-order valence-electron chi connectivity index (χ3n) is 11.4. The van der Waals surface area contributed by atoms with E-state index in [9.17, 15) is 0 Å². The minimum atomic E-state index is 0.145. The number of rotatable bonds is 5. The van der Waals surface area contributed by atoms with Crippen LogP contribution in [0.1, 0.15) is 154 Å². The highest BCUT2D eigenvalue weighted by Gasteiger charge is 2.43. The van der Waals surface area contributed by atoms with Crippen molar-refractivity contribution in [1.29, 1.82) is 0 Å². The summed E-state index contributed by atoms with van der Waals surface area (Å²) in [4.78, 5) is 6.13. The van der Waals surface area contributed by atoms with E-state index in [1.807, 2.05) is 11.4 Å². The smallest absolute Gasteiger partial charge is 0.104 e. The van der Waals surface area contributed by atoms with E-state index in [4.69, 9.17) is 0 Å². The van der Waals surface area contributed by atoms with Gasteiger partial charge in [-0.2, -0.15) is 0 Å². The van der Waals surface area contributed by atoms with Crippen LogP contribution in [0.4, 0.5) is 0 Å². The van der Waals surface area contributed by atoms with Crippen LogP contribution in [0, 0.1) is 0 Å². The molecule has 0 spiro atoms. The van der Waals surface area contributed by atoms with Crippen molar-refractivity contribution in [1.82, 2.24) is 9.80 Å². The van der Waals surface area contributed by atoms with Gasteiger partial charge in [-0.15, -0.1) is 0 Å². The molecule has 0 radical (unpaired) electrons. The first-order valence-corrected chi connectivity index (χ1v) is 18.5. The Bertz CT molecular complexity index is 663. The second-order valence-electron chi connectivity index (χ2n) is 13.6. The van der Waals surface area contributed by atoms with E-state index >= 15 is 0 Å². The van der Waals surface area contributed by atoms with Crippen LogP contribution < -0.4 is 0 Å². The Kier molecular flexibility index (Phi) is 9.21. The topological polar surface area (TPSA) is 6.48 Å². The largest absolute Gasteiger partial charge is 0.354 e. The van der Waals surface area contributed by atoms with Gasteiger partial charge in [-0.3, -0.25) is 0 Å². The Hall–Kier alpha value is -0.230. The van der Waals surface area contributed by atoms with Gasteiger partial charge in [-0.05, 0) is 87.5 Å². The summed E-state index contributed by atoms with van der Waals surface area (Å²) >= 11 is 0. The molecule has 0 aromatic heterocycles. The fraction of sp³-hybridized carbons (Fsp3) is 0.939. The minimum Gasteiger partial charge on any atom is -0.354 e. The first-order chi connectivity index (χ1) is 17.9. The average Bonchev–Trinajstić information content (AvgIpc) is 3.41. The number of hydrogen-bond donors (Lipinski definition) is 0. The van der Waals surface area contributed by atoms with Gasteiger partial charge in [-0.1, -0.05) is 91.4 Å². The van der Waals surface area contributed by atoms with Crippen molar-refractivity contribution in [3.05, 3.63) is 11.4 Å². The zero-order valence-electron chi connectivity index (χ0n) is 23.6. The van der Waals surface area contributed by atoms with E-state index in [1.54, 1.807) is 32.1 Å². The molecule has 204 valence electrons. The average molecular weight is 513 g/mol. The van der Waals surface area contributed by atoms with Crippen molar-refractivity contribution in [3.8, 4) is 0 Å². The number of nitrogens with zero attached hydrogens (tertiary/aromatic N) is 2. The third-order valence-corrected chi connectivity index (χ3v) is 15.4. The Labute approximate surface area is 225 Å². The Morgan fingerprint density at radius 3 is 1.33 bits per heavy atom. The highest BCUT2D eigenvalue weighted by atomic mass is 31.1. The van der Waals surface area contributed by atoms with Crippen LogP contribution in [0.15, 0.2) is 11.4 Å². The molecule has 6 aliphatic rings. The molecule has 0 aromatic rings. The van der Waals surface area contributed by atoms with E-state index < -0.39 is 0 Å². The van der Waals surface area contributed by atoms with Crippen LogP contribution in [-0.2, 0) is 0 Å². The number of allylic oxidation sites excluding steroid dienone is 1. The lowest BCUT2D eigenvalue weighted by molar-refractivity contribution is 0.174. The zero-order chi connectivity index (χ0) is 24.2. The minimum absolute atomic E-state index is 0.145. The fourth-order valence-corrected chi connectivity index (χ4v) is 14.2. The lowest BCUT2D eigenvalue weighted by Gasteiger charge is -2.47. The molecule has 0 aromatic carbocycles. The van der Waals surface area contributed by atoms with Gasteiger partial charge in [0, 0.05) is 30.8 Å². The van der Waals surface area contributed by atoms with Gasteiger partial charge in [0.2, 0.25) is 0 Å². The predicted octanol–water partition coefficient (Wildman–Crippen LogP) is 9.57. The van der Waals surface area contributed by atoms with Crippen molar-refractivity contribution >= 4 is 7.92 Å². The molecule has 1 atom stereocenters. The maximum absolute atomic E-state index is 3.07. The van der Waals surface area contributed by atoms with E-state index in [2.05, 4.69) is 9.80 Å². The van der Waals surface area contributed by atoms with E-state index in [0.717, 1.165) is 29.1 Å². The van der Waals surface area contributed by atoms with Crippen molar-refractivity contribution < 1.29 is 0 Å². The Morgan fingerprint density at radius 1 is 0.444 bits per heavy atom. The van der Waals surface area contributed by atoms with Crippen LogP contribution in [-0.4, -0.2) is 51.9 Å². The molecule has 5 saturated carbocycles. The summed E-state index contributed by atoms with van der Waals surface area (Å²) in [5.41, 5.74) is 5.22. The monoisotopic (exact) mass is 512 g/mol.